The Bertz CT molecular complexity index is 565. The molecular weight excluding hydrogens is 266 g/mol. The summed E-state index contributed by atoms with van der Waals surface area (Å²) in [5, 5.41) is 6.58. The number of para-hydroxylation sites is 1. The average molecular weight is 287 g/mol. The zero-order chi connectivity index (χ0) is 13.8. The van der Waals surface area contributed by atoms with E-state index in [9.17, 15) is 0 Å². The van der Waals surface area contributed by atoms with Crippen LogP contribution in [0.15, 0.2) is 35.6 Å². The van der Waals surface area contributed by atoms with E-state index in [4.69, 9.17) is 0 Å². The second-order valence-corrected chi connectivity index (χ2v) is 6.53. The number of hydrogen-bond donors (Lipinski definition) is 1. The highest BCUT2D eigenvalue weighted by molar-refractivity contribution is 8.00. The molecule has 4 heteroatoms. The molecule has 1 aliphatic rings. The number of rotatable bonds is 4. The summed E-state index contributed by atoms with van der Waals surface area (Å²) in [7, 11) is 0. The van der Waals surface area contributed by atoms with Gasteiger partial charge in [0, 0.05) is 16.7 Å². The minimum Gasteiger partial charge on any atom is -0.313 e. The van der Waals surface area contributed by atoms with E-state index in [1.807, 2.05) is 17.8 Å². The molecule has 20 heavy (non-hydrogen) atoms. The highest BCUT2D eigenvalue weighted by Gasteiger charge is 2.26. The molecule has 1 N–H and O–H groups in total. The maximum Gasteiger partial charge on any atom is 0.117 e. The van der Waals surface area contributed by atoms with Gasteiger partial charge in [-0.2, -0.15) is 0 Å². The molecule has 1 aromatic heterocycles. The number of thioether (sulfide) groups is 1. The Balaban J connectivity index is 1.84. The molecule has 3 rings (SSSR count). The van der Waals surface area contributed by atoms with E-state index in [0.717, 1.165) is 17.1 Å². The summed E-state index contributed by atoms with van der Waals surface area (Å²) in [6.45, 7) is 3.24. The number of benzene rings is 1. The molecule has 2 aromatic rings. The van der Waals surface area contributed by atoms with Crippen LogP contribution in [0.5, 0.6) is 0 Å². The number of fused-ring (bicyclic) bond motifs is 1. The van der Waals surface area contributed by atoms with Gasteiger partial charge in [0.25, 0.3) is 0 Å². The van der Waals surface area contributed by atoms with Crippen molar-refractivity contribution in [3.8, 4) is 0 Å². The third-order valence-electron chi connectivity index (χ3n) is 3.94. The Morgan fingerprint density at radius 2 is 2.05 bits per heavy atom. The average Bonchev–Trinajstić information content (AvgIpc) is 2.50. The van der Waals surface area contributed by atoms with Crippen molar-refractivity contribution in [2.45, 2.75) is 48.9 Å². The smallest absolute Gasteiger partial charge is 0.117 e. The zero-order valence-corrected chi connectivity index (χ0v) is 12.7. The molecule has 1 heterocycles. The topological polar surface area (TPSA) is 37.8 Å². The summed E-state index contributed by atoms with van der Waals surface area (Å²) in [5.41, 5.74) is 1.04. The van der Waals surface area contributed by atoms with Gasteiger partial charge in [-0.05, 0) is 25.5 Å². The summed E-state index contributed by atoms with van der Waals surface area (Å²) in [5.74, 6) is 0. The summed E-state index contributed by atoms with van der Waals surface area (Å²) in [6.07, 6.45) is 6.94. The number of aromatic nitrogens is 2. The monoisotopic (exact) mass is 287 g/mol. The van der Waals surface area contributed by atoms with E-state index in [-0.39, 0.29) is 0 Å². The van der Waals surface area contributed by atoms with E-state index >= 15 is 0 Å². The fourth-order valence-electron chi connectivity index (χ4n) is 2.95. The molecular formula is C16H21N3S. The molecule has 1 aromatic carbocycles. The van der Waals surface area contributed by atoms with Crippen LogP contribution in [0.2, 0.25) is 0 Å². The lowest BCUT2D eigenvalue weighted by Gasteiger charge is -2.31. The molecule has 1 saturated carbocycles. The number of hydrogen-bond acceptors (Lipinski definition) is 4. The zero-order valence-electron chi connectivity index (χ0n) is 11.9. The Hall–Kier alpha value is -1.13. The second-order valence-electron chi connectivity index (χ2n) is 5.30. The maximum atomic E-state index is 4.52. The van der Waals surface area contributed by atoms with Crippen molar-refractivity contribution >= 4 is 22.7 Å². The summed E-state index contributed by atoms with van der Waals surface area (Å²) in [6, 6.07) is 8.91. The highest BCUT2D eigenvalue weighted by atomic mass is 32.2. The van der Waals surface area contributed by atoms with Crippen LogP contribution in [0.4, 0.5) is 0 Å². The van der Waals surface area contributed by atoms with E-state index in [1.165, 1.54) is 31.1 Å². The highest BCUT2D eigenvalue weighted by Crippen LogP contribution is 2.35. The van der Waals surface area contributed by atoms with Gasteiger partial charge < -0.3 is 5.32 Å². The predicted molar refractivity (Wildman–Crippen MR) is 85.1 cm³/mol. The van der Waals surface area contributed by atoms with Crippen LogP contribution in [-0.2, 0) is 0 Å². The molecule has 3 nitrogen and oxygen atoms in total. The molecule has 1 aliphatic carbocycles. The van der Waals surface area contributed by atoms with Gasteiger partial charge in [-0.3, -0.25) is 0 Å². The lowest BCUT2D eigenvalue weighted by molar-refractivity contribution is 0.390. The summed E-state index contributed by atoms with van der Waals surface area (Å²) in [4.78, 5) is 8.87. The van der Waals surface area contributed by atoms with Crippen molar-refractivity contribution in [2.75, 3.05) is 6.54 Å². The van der Waals surface area contributed by atoms with Crippen LogP contribution >= 0.6 is 11.8 Å². The van der Waals surface area contributed by atoms with Crippen molar-refractivity contribution in [3.05, 3.63) is 30.6 Å². The molecule has 0 bridgehead atoms. The normalized spacial score (nSPS) is 23.1. The number of nitrogens with zero attached hydrogens (tertiary/aromatic N) is 2. The minimum absolute atomic E-state index is 0.618. The third-order valence-corrected chi connectivity index (χ3v) is 5.35. The van der Waals surface area contributed by atoms with Crippen molar-refractivity contribution < 1.29 is 0 Å². The van der Waals surface area contributed by atoms with Crippen LogP contribution in [0, 0.1) is 0 Å². The first kappa shape index (κ1) is 13.8. The van der Waals surface area contributed by atoms with Crippen LogP contribution in [0.3, 0.4) is 0 Å². The molecule has 1 fully saturated rings. The number of nitrogens with one attached hydrogen (secondary N) is 1. The largest absolute Gasteiger partial charge is 0.313 e. The molecule has 0 spiro atoms. The molecule has 0 saturated heterocycles. The predicted octanol–water partition coefficient (Wildman–Crippen LogP) is 3.64. The van der Waals surface area contributed by atoms with E-state index in [1.54, 1.807) is 6.33 Å². The lowest BCUT2D eigenvalue weighted by atomic mass is 9.95. The Morgan fingerprint density at radius 3 is 2.95 bits per heavy atom. The van der Waals surface area contributed by atoms with Crippen LogP contribution < -0.4 is 5.32 Å². The first-order chi connectivity index (χ1) is 9.88. The van der Waals surface area contributed by atoms with Gasteiger partial charge in [-0.15, -0.1) is 11.8 Å². The first-order valence-electron chi connectivity index (χ1n) is 7.48. The van der Waals surface area contributed by atoms with Crippen molar-refractivity contribution in [3.63, 3.8) is 0 Å². The van der Waals surface area contributed by atoms with Gasteiger partial charge >= 0.3 is 0 Å². The SMILES string of the molecule is CCNC1CCCCC1Sc1ncnc2ccccc12. The Morgan fingerprint density at radius 1 is 1.20 bits per heavy atom. The lowest BCUT2D eigenvalue weighted by Crippen LogP contribution is -2.40. The molecule has 106 valence electrons. The first-order valence-corrected chi connectivity index (χ1v) is 8.36. The molecule has 0 radical (unpaired) electrons. The van der Waals surface area contributed by atoms with Crippen molar-refractivity contribution in [1.82, 2.24) is 15.3 Å². The molecule has 2 atom stereocenters. The molecule has 0 aliphatic heterocycles. The van der Waals surface area contributed by atoms with Gasteiger partial charge in [0.2, 0.25) is 0 Å². The van der Waals surface area contributed by atoms with Crippen LogP contribution in [-0.4, -0.2) is 27.8 Å². The van der Waals surface area contributed by atoms with Gasteiger partial charge in [0.05, 0.1) is 5.52 Å². The van der Waals surface area contributed by atoms with E-state index in [0.29, 0.717) is 11.3 Å². The van der Waals surface area contributed by atoms with E-state index in [2.05, 4.69) is 40.4 Å². The van der Waals surface area contributed by atoms with Gasteiger partial charge in [0.15, 0.2) is 0 Å². The van der Waals surface area contributed by atoms with Crippen molar-refractivity contribution in [2.24, 2.45) is 0 Å². The molecule has 0 amide bonds. The molecule has 2 unspecified atom stereocenters. The Labute approximate surface area is 124 Å². The quantitative estimate of drug-likeness (QED) is 0.871. The van der Waals surface area contributed by atoms with Crippen molar-refractivity contribution in [1.29, 1.82) is 0 Å². The third kappa shape index (κ3) is 2.96. The second kappa shape index (κ2) is 6.55. The minimum atomic E-state index is 0.618. The summed E-state index contributed by atoms with van der Waals surface area (Å²) >= 11 is 1.93. The van der Waals surface area contributed by atoms with E-state index < -0.39 is 0 Å². The fraction of sp³-hybridized carbons (Fsp3) is 0.500. The van der Waals surface area contributed by atoms with Gasteiger partial charge in [-0.25, -0.2) is 9.97 Å². The summed E-state index contributed by atoms with van der Waals surface area (Å²) < 4.78 is 0. The Kier molecular flexibility index (Phi) is 4.53. The van der Waals surface area contributed by atoms with Gasteiger partial charge in [-0.1, -0.05) is 38.0 Å². The fourth-order valence-corrected chi connectivity index (χ4v) is 4.33. The maximum absolute atomic E-state index is 4.52. The van der Waals surface area contributed by atoms with Crippen LogP contribution in [0.25, 0.3) is 10.9 Å². The van der Waals surface area contributed by atoms with Gasteiger partial charge in [0.1, 0.15) is 11.4 Å². The van der Waals surface area contributed by atoms with Crippen LogP contribution in [0.1, 0.15) is 32.6 Å². The standard InChI is InChI=1S/C16H21N3S/c1-2-17-14-9-5-6-10-15(14)20-16-12-7-3-4-8-13(12)18-11-19-16/h3-4,7-8,11,14-15,17H,2,5-6,9-10H2,1H3.